The van der Waals surface area contributed by atoms with E-state index < -0.39 is 0 Å². The van der Waals surface area contributed by atoms with Crippen LogP contribution in [0.15, 0.2) is 24.3 Å². The topological polar surface area (TPSA) is 35.5 Å². The average molecular weight is 344 g/mol. The molecule has 0 fully saturated rings. The summed E-state index contributed by atoms with van der Waals surface area (Å²) in [7, 11) is 0. The van der Waals surface area contributed by atoms with Gasteiger partial charge in [0, 0.05) is 0 Å². The van der Waals surface area contributed by atoms with E-state index in [1.165, 1.54) is 0 Å². The molecule has 3 heteroatoms. The Labute approximate surface area is 153 Å². The van der Waals surface area contributed by atoms with E-state index in [-0.39, 0.29) is 18.3 Å². The summed E-state index contributed by atoms with van der Waals surface area (Å²) < 4.78 is 11.1. The molecule has 0 aliphatic heterocycles. The van der Waals surface area contributed by atoms with E-state index in [0.29, 0.717) is 18.4 Å². The highest BCUT2D eigenvalue weighted by atomic mass is 16.5. The number of hydrogen-bond acceptors (Lipinski definition) is 3. The standard InChI is InChI=1S/C22H32O3/c1-6-7-20(16-22(23)25-15-13-18(4)5)19-8-10-21(11-9-19)24-14-12-17(2)3/h8-11,17-18,20H,12-16H2,1-5H3/t20-/m0/s1. The van der Waals surface area contributed by atoms with Gasteiger partial charge in [-0.05, 0) is 49.3 Å². The smallest absolute Gasteiger partial charge is 0.307 e. The van der Waals surface area contributed by atoms with E-state index in [2.05, 4.69) is 39.5 Å². The van der Waals surface area contributed by atoms with Gasteiger partial charge in [0.2, 0.25) is 0 Å². The van der Waals surface area contributed by atoms with E-state index in [9.17, 15) is 4.79 Å². The van der Waals surface area contributed by atoms with Crippen molar-refractivity contribution in [3.63, 3.8) is 0 Å². The second-order valence-corrected chi connectivity index (χ2v) is 7.15. The van der Waals surface area contributed by atoms with E-state index >= 15 is 0 Å². The van der Waals surface area contributed by atoms with Gasteiger partial charge >= 0.3 is 5.97 Å². The predicted octanol–water partition coefficient (Wildman–Crippen LogP) is 5.20. The lowest BCUT2D eigenvalue weighted by atomic mass is 9.96. The average Bonchev–Trinajstić information content (AvgIpc) is 2.54. The van der Waals surface area contributed by atoms with Gasteiger partial charge in [-0.1, -0.05) is 45.7 Å². The molecule has 0 aliphatic carbocycles. The lowest BCUT2D eigenvalue weighted by Crippen LogP contribution is -2.11. The summed E-state index contributed by atoms with van der Waals surface area (Å²) in [4.78, 5) is 12.0. The van der Waals surface area contributed by atoms with Crippen LogP contribution < -0.4 is 4.74 Å². The molecule has 1 atom stereocenters. The molecule has 0 saturated heterocycles. The third-order valence-corrected chi connectivity index (χ3v) is 3.89. The first-order chi connectivity index (χ1) is 11.9. The van der Waals surface area contributed by atoms with Crippen molar-refractivity contribution in [3.8, 4) is 17.6 Å². The third-order valence-electron chi connectivity index (χ3n) is 3.89. The maximum atomic E-state index is 12.0. The van der Waals surface area contributed by atoms with Gasteiger partial charge in [-0.15, -0.1) is 5.92 Å². The highest BCUT2D eigenvalue weighted by Crippen LogP contribution is 2.23. The summed E-state index contributed by atoms with van der Waals surface area (Å²) in [5.74, 6) is 7.72. The van der Waals surface area contributed by atoms with Crippen molar-refractivity contribution >= 4 is 5.97 Å². The molecule has 0 amide bonds. The Morgan fingerprint density at radius 2 is 1.60 bits per heavy atom. The Hall–Kier alpha value is -1.95. The van der Waals surface area contributed by atoms with Crippen LogP contribution in [0.4, 0.5) is 0 Å². The van der Waals surface area contributed by atoms with Crippen LogP contribution in [0, 0.1) is 23.7 Å². The zero-order valence-corrected chi connectivity index (χ0v) is 16.3. The van der Waals surface area contributed by atoms with Crippen molar-refractivity contribution in [2.75, 3.05) is 13.2 Å². The molecular formula is C22H32O3. The summed E-state index contributed by atoms with van der Waals surface area (Å²) in [5.41, 5.74) is 1.02. The minimum Gasteiger partial charge on any atom is -0.494 e. The Kier molecular flexibility index (Phi) is 9.77. The Balaban J connectivity index is 2.59. The quantitative estimate of drug-likeness (QED) is 0.432. The van der Waals surface area contributed by atoms with Crippen molar-refractivity contribution in [1.29, 1.82) is 0 Å². The van der Waals surface area contributed by atoms with Crippen LogP contribution in [-0.2, 0) is 9.53 Å². The monoisotopic (exact) mass is 344 g/mol. The van der Waals surface area contributed by atoms with Crippen LogP contribution in [0.2, 0.25) is 0 Å². The lowest BCUT2D eigenvalue weighted by molar-refractivity contribution is -0.144. The molecule has 0 aromatic heterocycles. The van der Waals surface area contributed by atoms with Gasteiger partial charge in [0.1, 0.15) is 5.75 Å². The second kappa shape index (κ2) is 11.6. The minimum absolute atomic E-state index is 0.138. The first kappa shape index (κ1) is 21.1. The van der Waals surface area contributed by atoms with E-state index in [1.54, 1.807) is 6.92 Å². The highest BCUT2D eigenvalue weighted by Gasteiger charge is 2.15. The molecule has 0 aliphatic rings. The molecule has 0 N–H and O–H groups in total. The molecule has 3 nitrogen and oxygen atoms in total. The fourth-order valence-corrected chi connectivity index (χ4v) is 2.27. The Bertz CT molecular complexity index is 561. The zero-order chi connectivity index (χ0) is 18.7. The summed E-state index contributed by atoms with van der Waals surface area (Å²) >= 11 is 0. The summed E-state index contributed by atoms with van der Waals surface area (Å²) in [6.07, 6.45) is 2.21. The van der Waals surface area contributed by atoms with Gasteiger partial charge in [0.25, 0.3) is 0 Å². The van der Waals surface area contributed by atoms with Crippen molar-refractivity contribution in [1.82, 2.24) is 0 Å². The SMILES string of the molecule is CC#C[C@@H](CC(=O)OCCC(C)C)c1ccc(OCCC(C)C)cc1. The van der Waals surface area contributed by atoms with Crippen LogP contribution in [-0.4, -0.2) is 19.2 Å². The molecule has 1 aromatic rings. The van der Waals surface area contributed by atoms with Gasteiger partial charge in [-0.3, -0.25) is 4.79 Å². The Morgan fingerprint density at radius 3 is 2.16 bits per heavy atom. The number of benzene rings is 1. The summed E-state index contributed by atoms with van der Waals surface area (Å²) in [6, 6.07) is 7.87. The number of rotatable bonds is 10. The number of esters is 1. The van der Waals surface area contributed by atoms with Crippen molar-refractivity contribution in [3.05, 3.63) is 29.8 Å². The van der Waals surface area contributed by atoms with Crippen LogP contribution in [0.3, 0.4) is 0 Å². The normalized spacial score (nSPS) is 11.8. The van der Waals surface area contributed by atoms with E-state index in [0.717, 1.165) is 30.8 Å². The molecule has 0 radical (unpaired) electrons. The molecular weight excluding hydrogens is 312 g/mol. The fraction of sp³-hybridized carbons (Fsp3) is 0.591. The van der Waals surface area contributed by atoms with Gasteiger partial charge in [-0.25, -0.2) is 0 Å². The maximum Gasteiger partial charge on any atom is 0.307 e. The number of hydrogen-bond donors (Lipinski definition) is 0. The zero-order valence-electron chi connectivity index (χ0n) is 16.3. The predicted molar refractivity (Wildman–Crippen MR) is 103 cm³/mol. The van der Waals surface area contributed by atoms with Crippen molar-refractivity contribution < 1.29 is 14.3 Å². The largest absolute Gasteiger partial charge is 0.494 e. The van der Waals surface area contributed by atoms with E-state index in [4.69, 9.17) is 9.47 Å². The first-order valence-corrected chi connectivity index (χ1v) is 9.23. The minimum atomic E-state index is -0.189. The highest BCUT2D eigenvalue weighted by molar-refractivity contribution is 5.71. The lowest BCUT2D eigenvalue weighted by Gasteiger charge is -2.13. The van der Waals surface area contributed by atoms with Crippen LogP contribution in [0.5, 0.6) is 5.75 Å². The molecule has 1 aromatic carbocycles. The molecule has 0 spiro atoms. The van der Waals surface area contributed by atoms with Gasteiger partial charge in [-0.2, -0.15) is 0 Å². The maximum absolute atomic E-state index is 12.0. The fourth-order valence-electron chi connectivity index (χ4n) is 2.27. The van der Waals surface area contributed by atoms with Gasteiger partial charge in [0.05, 0.1) is 25.6 Å². The molecule has 25 heavy (non-hydrogen) atoms. The molecule has 0 heterocycles. The molecule has 1 rings (SSSR count). The van der Waals surface area contributed by atoms with Gasteiger partial charge in [0.15, 0.2) is 0 Å². The van der Waals surface area contributed by atoms with Crippen LogP contribution in [0.1, 0.15) is 65.4 Å². The second-order valence-electron chi connectivity index (χ2n) is 7.15. The number of carbonyl (C=O) groups excluding carboxylic acids is 1. The third kappa shape index (κ3) is 9.19. The molecule has 0 bridgehead atoms. The number of ether oxygens (including phenoxy) is 2. The molecule has 0 saturated carbocycles. The van der Waals surface area contributed by atoms with Crippen molar-refractivity contribution in [2.45, 2.75) is 59.8 Å². The van der Waals surface area contributed by atoms with E-state index in [1.807, 2.05) is 24.3 Å². The Morgan fingerprint density at radius 1 is 1.00 bits per heavy atom. The molecule has 138 valence electrons. The van der Waals surface area contributed by atoms with Crippen molar-refractivity contribution in [2.24, 2.45) is 11.8 Å². The molecule has 0 unspecified atom stereocenters. The first-order valence-electron chi connectivity index (χ1n) is 9.23. The summed E-state index contributed by atoms with van der Waals surface area (Å²) in [5, 5.41) is 0. The summed E-state index contributed by atoms with van der Waals surface area (Å²) in [6.45, 7) is 11.6. The van der Waals surface area contributed by atoms with Crippen LogP contribution in [0.25, 0.3) is 0 Å². The number of carbonyl (C=O) groups is 1. The van der Waals surface area contributed by atoms with Crippen LogP contribution >= 0.6 is 0 Å². The van der Waals surface area contributed by atoms with Gasteiger partial charge < -0.3 is 9.47 Å².